The van der Waals surface area contributed by atoms with Crippen molar-refractivity contribution in [3.8, 4) is 0 Å². The second-order valence-electron chi connectivity index (χ2n) is 6.18. The molecule has 0 radical (unpaired) electrons. The summed E-state index contributed by atoms with van der Waals surface area (Å²) in [7, 11) is -3.70. The topological polar surface area (TPSA) is 102 Å². The van der Waals surface area contributed by atoms with Crippen LogP contribution in [0.2, 0.25) is 0 Å². The summed E-state index contributed by atoms with van der Waals surface area (Å²) in [5.41, 5.74) is 0.361. The first-order valence-electron chi connectivity index (χ1n) is 8.77. The quantitative estimate of drug-likeness (QED) is 0.710. The first-order chi connectivity index (χ1) is 13.9. The van der Waals surface area contributed by atoms with Crippen LogP contribution >= 0.6 is 0 Å². The number of carbonyl (C=O) groups is 2. The summed E-state index contributed by atoms with van der Waals surface area (Å²) in [6.45, 7) is 0.608. The molecule has 154 valence electrons. The SMILES string of the molecule is O=C(COC(=O)c1ccc(F)cc1)Nc1cccc(S(=O)(=O)N2CCOCC2)c1. The van der Waals surface area contributed by atoms with Crippen LogP contribution in [0, 0.1) is 5.82 Å². The third-order valence-electron chi connectivity index (χ3n) is 4.14. The second-order valence-corrected chi connectivity index (χ2v) is 8.11. The highest BCUT2D eigenvalue weighted by Gasteiger charge is 2.26. The minimum atomic E-state index is -3.70. The van der Waals surface area contributed by atoms with Crippen LogP contribution in [-0.4, -0.2) is 57.5 Å². The molecule has 0 aromatic heterocycles. The number of halogens is 1. The van der Waals surface area contributed by atoms with Gasteiger partial charge >= 0.3 is 5.97 Å². The Morgan fingerprint density at radius 1 is 1.10 bits per heavy atom. The van der Waals surface area contributed by atoms with E-state index < -0.39 is 34.3 Å². The van der Waals surface area contributed by atoms with E-state index in [1.807, 2.05) is 0 Å². The lowest BCUT2D eigenvalue weighted by Gasteiger charge is -2.26. The normalized spacial score (nSPS) is 14.9. The Balaban J connectivity index is 1.60. The number of hydrogen-bond acceptors (Lipinski definition) is 6. The zero-order valence-electron chi connectivity index (χ0n) is 15.3. The van der Waals surface area contributed by atoms with Crippen LogP contribution in [0.5, 0.6) is 0 Å². The van der Waals surface area contributed by atoms with E-state index in [4.69, 9.17) is 9.47 Å². The molecule has 3 rings (SSSR count). The molecule has 8 nitrogen and oxygen atoms in total. The van der Waals surface area contributed by atoms with Crippen molar-refractivity contribution in [3.05, 3.63) is 59.9 Å². The van der Waals surface area contributed by atoms with Gasteiger partial charge in [0.1, 0.15) is 5.82 Å². The first-order valence-corrected chi connectivity index (χ1v) is 10.2. The molecule has 29 heavy (non-hydrogen) atoms. The zero-order chi connectivity index (χ0) is 20.9. The molecule has 0 aliphatic carbocycles. The van der Waals surface area contributed by atoms with Crippen molar-refractivity contribution in [1.29, 1.82) is 0 Å². The molecule has 0 bridgehead atoms. The van der Waals surface area contributed by atoms with Crippen molar-refractivity contribution in [2.75, 3.05) is 38.2 Å². The number of rotatable bonds is 6. The molecule has 0 unspecified atom stereocenters. The number of esters is 1. The first kappa shape index (κ1) is 20.9. The average Bonchev–Trinajstić information content (AvgIpc) is 2.73. The monoisotopic (exact) mass is 422 g/mol. The zero-order valence-corrected chi connectivity index (χ0v) is 16.2. The number of carbonyl (C=O) groups excluding carboxylic acids is 2. The number of anilines is 1. The van der Waals surface area contributed by atoms with Gasteiger partial charge in [0.15, 0.2) is 6.61 Å². The molecule has 1 heterocycles. The molecule has 1 saturated heterocycles. The van der Waals surface area contributed by atoms with Crippen molar-refractivity contribution in [2.45, 2.75) is 4.90 Å². The second kappa shape index (κ2) is 9.12. The summed E-state index contributed by atoms with van der Waals surface area (Å²) >= 11 is 0. The lowest BCUT2D eigenvalue weighted by Crippen LogP contribution is -2.40. The third-order valence-corrected chi connectivity index (χ3v) is 6.03. The lowest BCUT2D eigenvalue weighted by molar-refractivity contribution is -0.119. The minimum Gasteiger partial charge on any atom is -0.452 e. The Hall–Kier alpha value is -2.82. The molecule has 2 aromatic carbocycles. The van der Waals surface area contributed by atoms with Gasteiger partial charge < -0.3 is 14.8 Å². The van der Waals surface area contributed by atoms with Crippen molar-refractivity contribution < 1.29 is 31.9 Å². The number of morpholine rings is 1. The fourth-order valence-electron chi connectivity index (χ4n) is 2.67. The minimum absolute atomic E-state index is 0.0421. The molecule has 10 heteroatoms. The highest BCUT2D eigenvalue weighted by Crippen LogP contribution is 2.20. The molecule has 1 amide bonds. The van der Waals surface area contributed by atoms with Gasteiger partial charge in [-0.3, -0.25) is 4.79 Å². The predicted octanol–water partition coefficient (Wildman–Crippen LogP) is 1.64. The van der Waals surface area contributed by atoms with Gasteiger partial charge in [-0.25, -0.2) is 17.6 Å². The number of hydrogen-bond donors (Lipinski definition) is 1. The maximum atomic E-state index is 12.9. The van der Waals surface area contributed by atoms with Crippen LogP contribution in [0.15, 0.2) is 53.4 Å². The van der Waals surface area contributed by atoms with Gasteiger partial charge in [0.05, 0.1) is 23.7 Å². The lowest BCUT2D eigenvalue weighted by atomic mass is 10.2. The average molecular weight is 422 g/mol. The highest BCUT2D eigenvalue weighted by atomic mass is 32.2. The Bertz CT molecular complexity index is 988. The van der Waals surface area contributed by atoms with Gasteiger partial charge in [-0.2, -0.15) is 4.31 Å². The smallest absolute Gasteiger partial charge is 0.338 e. The van der Waals surface area contributed by atoms with E-state index in [1.165, 1.54) is 40.7 Å². The van der Waals surface area contributed by atoms with Crippen LogP contribution in [0.1, 0.15) is 10.4 Å². The maximum absolute atomic E-state index is 12.9. The van der Waals surface area contributed by atoms with Gasteiger partial charge in [-0.1, -0.05) is 6.07 Å². The van der Waals surface area contributed by atoms with E-state index in [0.29, 0.717) is 13.2 Å². The number of sulfonamides is 1. The molecular formula is C19H19FN2O6S. The fourth-order valence-corrected chi connectivity index (χ4v) is 4.12. The van der Waals surface area contributed by atoms with E-state index in [2.05, 4.69) is 5.32 Å². The van der Waals surface area contributed by atoms with Gasteiger partial charge in [0.2, 0.25) is 10.0 Å². The largest absolute Gasteiger partial charge is 0.452 e. The van der Waals surface area contributed by atoms with Crippen molar-refractivity contribution in [1.82, 2.24) is 4.31 Å². The van der Waals surface area contributed by atoms with Crippen LogP contribution in [-0.2, 0) is 24.3 Å². The van der Waals surface area contributed by atoms with Crippen LogP contribution < -0.4 is 5.32 Å². The number of ether oxygens (including phenoxy) is 2. The Kier molecular flexibility index (Phi) is 6.57. The molecule has 1 aliphatic rings. The maximum Gasteiger partial charge on any atom is 0.338 e. The van der Waals surface area contributed by atoms with Gasteiger partial charge in [-0.05, 0) is 42.5 Å². The summed E-state index contributed by atoms with van der Waals surface area (Å²) in [5.74, 6) is -1.91. The van der Waals surface area contributed by atoms with E-state index in [-0.39, 0.29) is 29.2 Å². The third kappa shape index (κ3) is 5.37. The molecular weight excluding hydrogens is 403 g/mol. The number of nitrogens with zero attached hydrogens (tertiary/aromatic N) is 1. The van der Waals surface area contributed by atoms with Gasteiger partial charge in [0.25, 0.3) is 5.91 Å². The highest BCUT2D eigenvalue weighted by molar-refractivity contribution is 7.89. The molecule has 0 atom stereocenters. The summed E-state index contributed by atoms with van der Waals surface area (Å²) in [4.78, 5) is 23.9. The number of nitrogens with one attached hydrogen (secondary N) is 1. The van der Waals surface area contributed by atoms with Crippen molar-refractivity contribution >= 4 is 27.6 Å². The standard InChI is InChI=1S/C19H19FN2O6S/c20-15-6-4-14(5-7-15)19(24)28-13-18(23)21-16-2-1-3-17(12-16)29(25,26)22-8-10-27-11-9-22/h1-7,12H,8-11,13H2,(H,21,23). The molecule has 0 spiro atoms. The summed E-state index contributed by atoms with van der Waals surface area (Å²) in [6, 6.07) is 10.5. The molecule has 1 aliphatic heterocycles. The van der Waals surface area contributed by atoms with Crippen molar-refractivity contribution in [3.63, 3.8) is 0 Å². The van der Waals surface area contributed by atoms with Gasteiger partial charge in [0, 0.05) is 18.8 Å². The summed E-state index contributed by atoms with van der Waals surface area (Å²) in [6.07, 6.45) is 0. The van der Waals surface area contributed by atoms with Crippen LogP contribution in [0.25, 0.3) is 0 Å². The van der Waals surface area contributed by atoms with E-state index in [9.17, 15) is 22.4 Å². The number of benzene rings is 2. The Morgan fingerprint density at radius 2 is 1.79 bits per heavy atom. The van der Waals surface area contributed by atoms with Crippen LogP contribution in [0.4, 0.5) is 10.1 Å². The van der Waals surface area contributed by atoms with Crippen LogP contribution in [0.3, 0.4) is 0 Å². The Morgan fingerprint density at radius 3 is 2.48 bits per heavy atom. The molecule has 0 saturated carbocycles. The predicted molar refractivity (Wildman–Crippen MR) is 101 cm³/mol. The molecule has 1 fully saturated rings. The summed E-state index contributed by atoms with van der Waals surface area (Å²) in [5, 5.41) is 2.49. The van der Waals surface area contributed by atoms with Gasteiger partial charge in [-0.15, -0.1) is 0 Å². The number of amides is 1. The molecule has 2 aromatic rings. The van der Waals surface area contributed by atoms with E-state index in [1.54, 1.807) is 0 Å². The fraction of sp³-hybridized carbons (Fsp3) is 0.263. The summed E-state index contributed by atoms with van der Waals surface area (Å²) < 4.78 is 49.6. The Labute approximate surface area is 167 Å². The van der Waals surface area contributed by atoms with E-state index in [0.717, 1.165) is 12.1 Å². The van der Waals surface area contributed by atoms with E-state index >= 15 is 0 Å². The molecule has 1 N–H and O–H groups in total. The van der Waals surface area contributed by atoms with Crippen molar-refractivity contribution in [2.24, 2.45) is 0 Å².